The van der Waals surface area contributed by atoms with E-state index >= 15 is 0 Å². The lowest BCUT2D eigenvalue weighted by Crippen LogP contribution is -2.27. The Morgan fingerprint density at radius 2 is 1.50 bits per heavy atom. The van der Waals surface area contributed by atoms with Crippen LogP contribution in [0.2, 0.25) is 0 Å². The zero-order valence-corrected chi connectivity index (χ0v) is 10.0. The van der Waals surface area contributed by atoms with Crippen molar-refractivity contribution in [2.45, 2.75) is 39.2 Å². The molecule has 86 valence electrons. The highest BCUT2D eigenvalue weighted by molar-refractivity contribution is 4.55. The zero-order chi connectivity index (χ0) is 10.6. The lowest BCUT2D eigenvalue weighted by Gasteiger charge is -2.08. The third kappa shape index (κ3) is 11.9. The summed E-state index contributed by atoms with van der Waals surface area (Å²) in [5.74, 6) is 0. The molecule has 3 N–H and O–H groups in total. The summed E-state index contributed by atoms with van der Waals surface area (Å²) in [6.07, 6.45) is 3.77. The van der Waals surface area contributed by atoms with Gasteiger partial charge >= 0.3 is 0 Å². The maximum Gasteiger partial charge on any atom is 0.00103 e. The van der Waals surface area contributed by atoms with Gasteiger partial charge in [0, 0.05) is 6.04 Å². The number of rotatable bonds is 10. The minimum Gasteiger partial charge on any atom is -0.320 e. The molecule has 0 aromatic heterocycles. The fourth-order valence-corrected chi connectivity index (χ4v) is 1.28. The first-order chi connectivity index (χ1) is 6.77. The van der Waals surface area contributed by atoms with Gasteiger partial charge in [-0.05, 0) is 52.5 Å². The summed E-state index contributed by atoms with van der Waals surface area (Å²) < 4.78 is 0. The van der Waals surface area contributed by atoms with Crippen molar-refractivity contribution in [3.63, 3.8) is 0 Å². The third-order valence-electron chi connectivity index (χ3n) is 2.11. The van der Waals surface area contributed by atoms with Crippen LogP contribution in [-0.2, 0) is 0 Å². The Balaban J connectivity index is 2.85. The van der Waals surface area contributed by atoms with E-state index in [1.807, 2.05) is 7.05 Å². The number of hydrogen-bond donors (Lipinski definition) is 3. The summed E-state index contributed by atoms with van der Waals surface area (Å²) in [6, 6.07) is 0.616. The predicted octanol–water partition coefficient (Wildman–Crippen LogP) is 0.964. The summed E-state index contributed by atoms with van der Waals surface area (Å²) in [5.41, 5.74) is 0. The number of unbranched alkanes of at least 4 members (excludes halogenated alkanes) is 1. The second-order valence-corrected chi connectivity index (χ2v) is 4.02. The zero-order valence-electron chi connectivity index (χ0n) is 10.0. The molecule has 0 aliphatic heterocycles. The highest BCUT2D eigenvalue weighted by Gasteiger charge is 1.91. The first kappa shape index (κ1) is 13.9. The monoisotopic (exact) mass is 201 g/mol. The van der Waals surface area contributed by atoms with E-state index in [0.29, 0.717) is 6.04 Å². The molecule has 0 atom stereocenters. The van der Waals surface area contributed by atoms with Crippen LogP contribution < -0.4 is 16.0 Å². The minimum absolute atomic E-state index is 0.616. The first-order valence-corrected chi connectivity index (χ1v) is 5.86. The number of hydrogen-bond acceptors (Lipinski definition) is 3. The Morgan fingerprint density at radius 1 is 0.857 bits per heavy atom. The van der Waals surface area contributed by atoms with Gasteiger partial charge < -0.3 is 16.0 Å². The van der Waals surface area contributed by atoms with Crippen molar-refractivity contribution in [2.75, 3.05) is 33.2 Å². The Labute approximate surface area is 89.0 Å². The number of nitrogens with one attached hydrogen (secondary N) is 3. The molecule has 0 fully saturated rings. The van der Waals surface area contributed by atoms with Crippen molar-refractivity contribution in [3.8, 4) is 0 Å². The van der Waals surface area contributed by atoms with Gasteiger partial charge in [0.2, 0.25) is 0 Å². The van der Waals surface area contributed by atoms with Gasteiger partial charge in [-0.15, -0.1) is 0 Å². The Kier molecular flexibility index (Phi) is 10.9. The standard InChI is InChI=1S/C11H27N3/c1-11(2)14-10-6-9-13-8-5-4-7-12-3/h11-14H,4-10H2,1-3H3. The van der Waals surface area contributed by atoms with Gasteiger partial charge in [0.25, 0.3) is 0 Å². The molecule has 0 bridgehead atoms. The van der Waals surface area contributed by atoms with Crippen LogP contribution in [0.15, 0.2) is 0 Å². The quantitative estimate of drug-likeness (QED) is 0.461. The normalized spacial score (nSPS) is 11.1. The van der Waals surface area contributed by atoms with Crippen LogP contribution in [0.1, 0.15) is 33.1 Å². The van der Waals surface area contributed by atoms with E-state index in [1.165, 1.54) is 19.3 Å². The molecule has 0 aromatic carbocycles. The fraction of sp³-hybridized carbons (Fsp3) is 1.00. The van der Waals surface area contributed by atoms with E-state index in [1.54, 1.807) is 0 Å². The van der Waals surface area contributed by atoms with Crippen LogP contribution in [-0.4, -0.2) is 39.3 Å². The molecule has 3 nitrogen and oxygen atoms in total. The van der Waals surface area contributed by atoms with E-state index in [-0.39, 0.29) is 0 Å². The molecule has 14 heavy (non-hydrogen) atoms. The van der Waals surface area contributed by atoms with Crippen LogP contribution in [0.5, 0.6) is 0 Å². The molecule has 0 heterocycles. The van der Waals surface area contributed by atoms with Crippen LogP contribution in [0.25, 0.3) is 0 Å². The van der Waals surface area contributed by atoms with Gasteiger partial charge in [-0.1, -0.05) is 13.8 Å². The predicted molar refractivity (Wildman–Crippen MR) is 63.8 cm³/mol. The average Bonchev–Trinajstić information content (AvgIpc) is 2.15. The maximum atomic E-state index is 3.45. The summed E-state index contributed by atoms with van der Waals surface area (Å²) in [7, 11) is 2.00. The highest BCUT2D eigenvalue weighted by atomic mass is 14.9. The molecule has 0 radical (unpaired) electrons. The van der Waals surface area contributed by atoms with Crippen molar-refractivity contribution in [3.05, 3.63) is 0 Å². The summed E-state index contributed by atoms with van der Waals surface area (Å²) in [5, 5.41) is 10.0. The minimum atomic E-state index is 0.616. The van der Waals surface area contributed by atoms with Crippen molar-refractivity contribution < 1.29 is 0 Å². The van der Waals surface area contributed by atoms with Gasteiger partial charge in [-0.25, -0.2) is 0 Å². The third-order valence-corrected chi connectivity index (χ3v) is 2.11. The Bertz CT molecular complexity index is 105. The van der Waals surface area contributed by atoms with Crippen molar-refractivity contribution in [2.24, 2.45) is 0 Å². The van der Waals surface area contributed by atoms with Crippen molar-refractivity contribution in [1.29, 1.82) is 0 Å². The van der Waals surface area contributed by atoms with Gasteiger partial charge in [-0.2, -0.15) is 0 Å². The molecule has 3 heteroatoms. The molecule has 0 aromatic rings. The lowest BCUT2D eigenvalue weighted by atomic mass is 10.3. The van der Waals surface area contributed by atoms with Gasteiger partial charge in [0.15, 0.2) is 0 Å². The topological polar surface area (TPSA) is 36.1 Å². The van der Waals surface area contributed by atoms with E-state index in [4.69, 9.17) is 0 Å². The largest absolute Gasteiger partial charge is 0.320 e. The lowest BCUT2D eigenvalue weighted by molar-refractivity contribution is 0.538. The first-order valence-electron chi connectivity index (χ1n) is 5.86. The van der Waals surface area contributed by atoms with E-state index in [9.17, 15) is 0 Å². The molecule has 0 unspecified atom stereocenters. The Hall–Kier alpha value is -0.120. The van der Waals surface area contributed by atoms with Crippen LogP contribution >= 0.6 is 0 Å². The van der Waals surface area contributed by atoms with Crippen LogP contribution in [0, 0.1) is 0 Å². The van der Waals surface area contributed by atoms with Crippen molar-refractivity contribution >= 4 is 0 Å². The second kappa shape index (κ2) is 11.0. The van der Waals surface area contributed by atoms with Crippen LogP contribution in [0.3, 0.4) is 0 Å². The van der Waals surface area contributed by atoms with Crippen LogP contribution in [0.4, 0.5) is 0 Å². The Morgan fingerprint density at radius 3 is 2.14 bits per heavy atom. The molecule has 0 aliphatic carbocycles. The second-order valence-electron chi connectivity index (χ2n) is 4.02. The average molecular weight is 201 g/mol. The highest BCUT2D eigenvalue weighted by Crippen LogP contribution is 1.84. The van der Waals surface area contributed by atoms with E-state index in [0.717, 1.165) is 26.2 Å². The summed E-state index contributed by atoms with van der Waals surface area (Å²) >= 11 is 0. The molecule has 0 spiro atoms. The molecule has 0 rings (SSSR count). The summed E-state index contributed by atoms with van der Waals surface area (Å²) in [6.45, 7) is 8.93. The van der Waals surface area contributed by atoms with E-state index in [2.05, 4.69) is 29.8 Å². The fourth-order valence-electron chi connectivity index (χ4n) is 1.28. The maximum absolute atomic E-state index is 3.45. The molecule has 0 aliphatic rings. The SMILES string of the molecule is CNCCCCNCCCNC(C)C. The molecule has 0 amide bonds. The van der Waals surface area contributed by atoms with Gasteiger partial charge in [0.1, 0.15) is 0 Å². The molecular formula is C11H27N3. The van der Waals surface area contributed by atoms with Gasteiger partial charge in [0.05, 0.1) is 0 Å². The van der Waals surface area contributed by atoms with Gasteiger partial charge in [-0.3, -0.25) is 0 Å². The molecule has 0 saturated heterocycles. The smallest absolute Gasteiger partial charge is 0.00103 e. The molecular weight excluding hydrogens is 174 g/mol. The summed E-state index contributed by atoms with van der Waals surface area (Å²) in [4.78, 5) is 0. The van der Waals surface area contributed by atoms with Crippen molar-refractivity contribution in [1.82, 2.24) is 16.0 Å². The molecule has 0 saturated carbocycles. The van der Waals surface area contributed by atoms with E-state index < -0.39 is 0 Å².